The SMILES string of the molecule is O=C(c1nnc(-c2ncccc2F)o1)N1CCc2[nH]cnc2[C@H]1c1nc2ccccc2o1. The number of rotatable bonds is 3. The van der Waals surface area contributed by atoms with Crippen LogP contribution in [0.1, 0.15) is 34.0 Å². The Bertz CT molecular complexity index is 1420. The third kappa shape index (κ3) is 2.86. The highest BCUT2D eigenvalue weighted by atomic mass is 19.1. The number of oxazole rings is 1. The maximum Gasteiger partial charge on any atom is 0.312 e. The summed E-state index contributed by atoms with van der Waals surface area (Å²) in [6, 6.07) is 9.31. The molecule has 1 amide bonds. The molecule has 11 heteroatoms. The zero-order valence-electron chi connectivity index (χ0n) is 16.4. The second-order valence-electron chi connectivity index (χ2n) is 7.18. The van der Waals surface area contributed by atoms with Crippen LogP contribution in [0.15, 0.2) is 57.8 Å². The molecule has 1 aliphatic heterocycles. The fourth-order valence-corrected chi connectivity index (χ4v) is 3.82. The molecule has 10 nitrogen and oxygen atoms in total. The Morgan fingerprint density at radius 2 is 2.03 bits per heavy atom. The predicted molar refractivity (Wildman–Crippen MR) is 107 cm³/mol. The van der Waals surface area contributed by atoms with E-state index in [9.17, 15) is 9.18 Å². The molecule has 0 saturated carbocycles. The summed E-state index contributed by atoms with van der Waals surface area (Å²) in [5.41, 5.74) is 2.67. The van der Waals surface area contributed by atoms with Crippen molar-refractivity contribution in [1.82, 2.24) is 35.0 Å². The Balaban J connectivity index is 1.40. The molecule has 5 heterocycles. The number of para-hydroxylation sites is 2. The summed E-state index contributed by atoms with van der Waals surface area (Å²) < 4.78 is 25.5. The number of halogens is 1. The quantitative estimate of drug-likeness (QED) is 0.462. The van der Waals surface area contributed by atoms with Crippen molar-refractivity contribution in [1.29, 1.82) is 0 Å². The molecular formula is C21H14FN7O3. The number of aromatic amines is 1. The largest absolute Gasteiger partial charge is 0.438 e. The molecule has 1 aliphatic rings. The fourth-order valence-electron chi connectivity index (χ4n) is 3.82. The maximum atomic E-state index is 14.0. The van der Waals surface area contributed by atoms with E-state index in [1.54, 1.807) is 12.4 Å². The van der Waals surface area contributed by atoms with Gasteiger partial charge in [-0.15, -0.1) is 10.2 Å². The number of benzene rings is 1. The van der Waals surface area contributed by atoms with Gasteiger partial charge in [0.2, 0.25) is 5.89 Å². The van der Waals surface area contributed by atoms with Gasteiger partial charge in [-0.3, -0.25) is 4.79 Å². The van der Waals surface area contributed by atoms with Crippen LogP contribution in [-0.4, -0.2) is 47.5 Å². The van der Waals surface area contributed by atoms with Gasteiger partial charge >= 0.3 is 11.8 Å². The molecule has 0 unspecified atom stereocenters. The first kappa shape index (κ1) is 18.4. The van der Waals surface area contributed by atoms with Gasteiger partial charge in [0.05, 0.1) is 12.0 Å². The van der Waals surface area contributed by atoms with Gasteiger partial charge in [-0.25, -0.2) is 19.3 Å². The number of carbonyl (C=O) groups excluding carboxylic acids is 1. The second-order valence-corrected chi connectivity index (χ2v) is 7.18. The Kier molecular flexibility index (Phi) is 4.06. The molecule has 32 heavy (non-hydrogen) atoms. The molecule has 0 bridgehead atoms. The lowest BCUT2D eigenvalue weighted by Gasteiger charge is -2.31. The minimum atomic E-state index is -0.688. The molecule has 0 fully saturated rings. The van der Waals surface area contributed by atoms with Crippen LogP contribution >= 0.6 is 0 Å². The molecule has 5 aromatic rings. The van der Waals surface area contributed by atoms with E-state index in [0.29, 0.717) is 35.6 Å². The number of carbonyl (C=O) groups is 1. The molecule has 0 spiro atoms. The average Bonchev–Trinajstić information content (AvgIpc) is 3.57. The minimum Gasteiger partial charge on any atom is -0.438 e. The molecular weight excluding hydrogens is 417 g/mol. The molecule has 0 aliphatic carbocycles. The van der Waals surface area contributed by atoms with E-state index in [4.69, 9.17) is 8.83 Å². The summed E-state index contributed by atoms with van der Waals surface area (Å²) in [5, 5.41) is 7.63. The Hall–Kier alpha value is -4.41. The molecule has 1 aromatic carbocycles. The van der Waals surface area contributed by atoms with Crippen molar-refractivity contribution in [2.75, 3.05) is 6.54 Å². The lowest BCUT2D eigenvalue weighted by atomic mass is 10.0. The van der Waals surface area contributed by atoms with E-state index in [0.717, 1.165) is 5.69 Å². The molecule has 1 atom stereocenters. The van der Waals surface area contributed by atoms with Crippen molar-refractivity contribution in [3.63, 3.8) is 0 Å². The molecule has 0 radical (unpaired) electrons. The molecule has 6 rings (SSSR count). The van der Waals surface area contributed by atoms with E-state index in [2.05, 4.69) is 30.1 Å². The Morgan fingerprint density at radius 3 is 2.91 bits per heavy atom. The predicted octanol–water partition coefficient (Wildman–Crippen LogP) is 2.92. The first-order valence-corrected chi connectivity index (χ1v) is 9.82. The third-order valence-electron chi connectivity index (χ3n) is 5.30. The van der Waals surface area contributed by atoms with Crippen LogP contribution < -0.4 is 0 Å². The summed E-state index contributed by atoms with van der Waals surface area (Å²) in [6.45, 7) is 0.340. The smallest absolute Gasteiger partial charge is 0.312 e. The van der Waals surface area contributed by atoms with Gasteiger partial charge in [-0.1, -0.05) is 12.1 Å². The highest BCUT2D eigenvalue weighted by Crippen LogP contribution is 2.35. The van der Waals surface area contributed by atoms with Crippen molar-refractivity contribution < 1.29 is 18.0 Å². The molecule has 4 aromatic heterocycles. The van der Waals surface area contributed by atoms with E-state index in [1.807, 2.05) is 18.2 Å². The van der Waals surface area contributed by atoms with Crippen LogP contribution in [0.2, 0.25) is 0 Å². The van der Waals surface area contributed by atoms with E-state index in [1.165, 1.54) is 23.2 Å². The van der Waals surface area contributed by atoms with Crippen LogP contribution in [0.4, 0.5) is 4.39 Å². The van der Waals surface area contributed by atoms with Crippen LogP contribution in [0, 0.1) is 5.82 Å². The van der Waals surface area contributed by atoms with Crippen LogP contribution in [0.5, 0.6) is 0 Å². The number of hydrogen-bond acceptors (Lipinski definition) is 8. The number of fused-ring (bicyclic) bond motifs is 2. The number of amides is 1. The zero-order valence-corrected chi connectivity index (χ0v) is 16.4. The number of imidazole rings is 1. The van der Waals surface area contributed by atoms with Gasteiger partial charge in [0, 0.05) is 24.9 Å². The van der Waals surface area contributed by atoms with Crippen LogP contribution in [0.3, 0.4) is 0 Å². The number of nitrogens with one attached hydrogen (secondary N) is 1. The van der Waals surface area contributed by atoms with Gasteiger partial charge in [0.25, 0.3) is 5.89 Å². The summed E-state index contributed by atoms with van der Waals surface area (Å²) in [5.74, 6) is -1.31. The molecule has 1 N–H and O–H groups in total. The lowest BCUT2D eigenvalue weighted by Crippen LogP contribution is -2.41. The van der Waals surface area contributed by atoms with Gasteiger partial charge in [0.15, 0.2) is 23.1 Å². The minimum absolute atomic E-state index is 0.122. The molecule has 0 saturated heterocycles. The van der Waals surface area contributed by atoms with E-state index < -0.39 is 17.8 Å². The van der Waals surface area contributed by atoms with Crippen molar-refractivity contribution >= 4 is 17.0 Å². The number of aromatic nitrogens is 6. The maximum absolute atomic E-state index is 14.0. The van der Waals surface area contributed by atoms with Crippen molar-refractivity contribution in [3.05, 3.63) is 77.9 Å². The lowest BCUT2D eigenvalue weighted by molar-refractivity contribution is 0.0627. The van der Waals surface area contributed by atoms with Crippen molar-refractivity contribution in [3.8, 4) is 11.6 Å². The summed E-state index contributed by atoms with van der Waals surface area (Å²) in [4.78, 5) is 30.9. The molecule has 158 valence electrons. The fraction of sp³-hybridized carbons (Fsp3) is 0.143. The summed E-state index contributed by atoms with van der Waals surface area (Å²) in [6.07, 6.45) is 3.52. The van der Waals surface area contributed by atoms with Crippen molar-refractivity contribution in [2.24, 2.45) is 0 Å². The highest BCUT2D eigenvalue weighted by molar-refractivity contribution is 5.90. The third-order valence-corrected chi connectivity index (χ3v) is 5.30. The first-order valence-electron chi connectivity index (χ1n) is 9.82. The van der Waals surface area contributed by atoms with Crippen LogP contribution in [0.25, 0.3) is 22.7 Å². The zero-order chi connectivity index (χ0) is 21.7. The van der Waals surface area contributed by atoms with Crippen LogP contribution in [-0.2, 0) is 6.42 Å². The summed E-state index contributed by atoms with van der Waals surface area (Å²) in [7, 11) is 0. The number of nitrogens with zero attached hydrogens (tertiary/aromatic N) is 6. The standard InChI is InChI=1S/C21H14FN7O3/c22-11-4-3-8-23-15(11)18-27-28-20(32-18)21(30)29-9-7-13-16(25-10-24-13)17(29)19-26-12-5-1-2-6-14(12)31-19/h1-6,8,10,17H,7,9H2,(H,24,25)/t17-/m0/s1. The normalized spacial score (nSPS) is 15.8. The van der Waals surface area contributed by atoms with Gasteiger partial charge in [-0.05, 0) is 24.3 Å². The van der Waals surface area contributed by atoms with Gasteiger partial charge < -0.3 is 18.7 Å². The highest BCUT2D eigenvalue weighted by Gasteiger charge is 2.39. The van der Waals surface area contributed by atoms with E-state index >= 15 is 0 Å². The second kappa shape index (κ2) is 7.08. The average molecular weight is 431 g/mol. The number of pyridine rings is 1. The summed E-state index contributed by atoms with van der Waals surface area (Å²) >= 11 is 0. The van der Waals surface area contributed by atoms with Crippen molar-refractivity contribution in [2.45, 2.75) is 12.5 Å². The van der Waals surface area contributed by atoms with Gasteiger partial charge in [0.1, 0.15) is 5.52 Å². The van der Waals surface area contributed by atoms with E-state index in [-0.39, 0.29) is 17.5 Å². The number of H-pyrrole nitrogens is 1. The topological polar surface area (TPSA) is 127 Å². The Morgan fingerprint density at radius 1 is 1.12 bits per heavy atom. The first-order chi connectivity index (χ1) is 15.7. The number of hydrogen-bond donors (Lipinski definition) is 1. The van der Waals surface area contributed by atoms with Gasteiger partial charge in [-0.2, -0.15) is 0 Å². The monoisotopic (exact) mass is 431 g/mol. The Labute approximate surface area is 179 Å².